The smallest absolute Gasteiger partial charge is 0.225 e. The quantitative estimate of drug-likeness (QED) is 0.556. The number of hydrogen-bond donors (Lipinski definition) is 1. The van der Waals surface area contributed by atoms with Gasteiger partial charge >= 0.3 is 0 Å². The Labute approximate surface area is 176 Å². The molecule has 0 radical (unpaired) electrons. The van der Waals surface area contributed by atoms with Crippen molar-refractivity contribution in [3.05, 3.63) is 11.8 Å². The van der Waals surface area contributed by atoms with Crippen LogP contribution in [0.25, 0.3) is 0 Å². The fraction of sp³-hybridized carbons (Fsp3) is 0.762. The van der Waals surface area contributed by atoms with Crippen LogP contribution in [0.5, 0.6) is 0 Å². The van der Waals surface area contributed by atoms with Crippen molar-refractivity contribution in [3.63, 3.8) is 0 Å². The maximum atomic E-state index is 12.1. The van der Waals surface area contributed by atoms with E-state index in [2.05, 4.69) is 26.0 Å². The van der Waals surface area contributed by atoms with Crippen LogP contribution in [-0.2, 0) is 9.59 Å². The van der Waals surface area contributed by atoms with Crippen molar-refractivity contribution >= 4 is 35.6 Å². The molecule has 0 bridgehead atoms. The van der Waals surface area contributed by atoms with Crippen LogP contribution in [0.1, 0.15) is 79.1 Å². The van der Waals surface area contributed by atoms with Gasteiger partial charge in [0, 0.05) is 38.2 Å². The van der Waals surface area contributed by atoms with Gasteiger partial charge in [0.15, 0.2) is 0 Å². The van der Waals surface area contributed by atoms with Crippen molar-refractivity contribution in [1.29, 1.82) is 0 Å². The first kappa shape index (κ1) is 27.2. The van der Waals surface area contributed by atoms with E-state index >= 15 is 0 Å². The molecule has 1 fully saturated rings. The molecule has 4 unspecified atom stereocenters. The summed E-state index contributed by atoms with van der Waals surface area (Å²) >= 11 is 0. The van der Waals surface area contributed by atoms with Crippen molar-refractivity contribution in [3.8, 4) is 0 Å². The molecule has 0 aromatic heterocycles. The molecule has 0 aromatic carbocycles. The first-order valence-electron chi connectivity index (χ1n) is 10.8. The molecule has 1 aliphatic heterocycles. The summed E-state index contributed by atoms with van der Waals surface area (Å²) < 4.78 is 1.86. The average molecular weight is 430 g/mol. The number of amides is 1. The van der Waals surface area contributed by atoms with Crippen molar-refractivity contribution in [1.82, 2.24) is 10.1 Å². The summed E-state index contributed by atoms with van der Waals surface area (Å²) in [6.07, 6.45) is 12.8. The third-order valence-corrected chi connectivity index (χ3v) is 6.60. The molecule has 1 aliphatic carbocycles. The topological polar surface area (TPSA) is 61.8 Å². The van der Waals surface area contributed by atoms with Gasteiger partial charge in [-0.15, -0.1) is 0 Å². The van der Waals surface area contributed by atoms with Crippen molar-refractivity contribution in [2.75, 3.05) is 13.2 Å². The number of fused-ring (bicyclic) bond motifs is 1. The summed E-state index contributed by atoms with van der Waals surface area (Å²) in [6, 6.07) is 0. The fourth-order valence-electron chi connectivity index (χ4n) is 3.27. The minimum absolute atomic E-state index is 0.0808. The summed E-state index contributed by atoms with van der Waals surface area (Å²) in [5.74, 6) is 1.37. The van der Waals surface area contributed by atoms with E-state index in [1.807, 2.05) is 45.6 Å². The van der Waals surface area contributed by atoms with Crippen LogP contribution in [0.15, 0.2) is 16.9 Å². The molecule has 1 saturated carbocycles. The Morgan fingerprint density at radius 3 is 2.61 bits per heavy atom. The molecule has 0 saturated heterocycles. The minimum Gasteiger partial charge on any atom is -0.328 e. The lowest BCUT2D eigenvalue weighted by molar-refractivity contribution is -0.125. The highest BCUT2D eigenvalue weighted by Gasteiger charge is 2.22. The lowest BCUT2D eigenvalue weighted by Gasteiger charge is -2.27. The van der Waals surface area contributed by atoms with Gasteiger partial charge < -0.3 is 4.67 Å². The molecule has 28 heavy (non-hydrogen) atoms. The standard InChI is InChI=1S/C17H29N3O2P2.2C2H6/c1-20(16(21)6-3-7-17(22)23)24-12-13-4-2-5-14-10-18-19-11-15(14)9-8-13;2*1-2/h10-11,13,15,18,24H,2-9,12,23H2,1H3;2*1-2H3. The van der Waals surface area contributed by atoms with Crippen LogP contribution in [0, 0.1) is 11.8 Å². The number of nitrogens with one attached hydrogen (secondary N) is 1. The molecular weight excluding hydrogens is 388 g/mol. The van der Waals surface area contributed by atoms with E-state index in [0.717, 1.165) is 12.6 Å². The fourth-order valence-corrected chi connectivity index (χ4v) is 4.70. The van der Waals surface area contributed by atoms with Crippen LogP contribution >= 0.6 is 18.0 Å². The molecule has 4 atom stereocenters. The Kier molecular flexibility index (Phi) is 16.6. The van der Waals surface area contributed by atoms with Gasteiger partial charge in [0.25, 0.3) is 0 Å². The van der Waals surface area contributed by atoms with Crippen LogP contribution in [0.2, 0.25) is 0 Å². The molecule has 1 N–H and O–H groups in total. The number of carbonyl (C=O) groups excluding carboxylic acids is 2. The Morgan fingerprint density at radius 1 is 1.21 bits per heavy atom. The monoisotopic (exact) mass is 429 g/mol. The Hall–Kier alpha value is -0.790. The van der Waals surface area contributed by atoms with E-state index < -0.39 is 0 Å². The van der Waals surface area contributed by atoms with E-state index in [1.54, 1.807) is 0 Å². The number of allylic oxidation sites excluding steroid dienone is 1. The lowest BCUT2D eigenvalue weighted by Crippen LogP contribution is -2.22. The van der Waals surface area contributed by atoms with Gasteiger partial charge in [-0.25, -0.2) is 0 Å². The van der Waals surface area contributed by atoms with Gasteiger partial charge in [0.2, 0.25) is 5.91 Å². The van der Waals surface area contributed by atoms with Gasteiger partial charge in [-0.1, -0.05) is 36.9 Å². The summed E-state index contributed by atoms with van der Waals surface area (Å²) in [4.78, 5) is 23.0. The first-order chi connectivity index (χ1) is 13.6. The zero-order chi connectivity index (χ0) is 21.4. The normalized spacial score (nSPS) is 20.9. The molecule has 7 heteroatoms. The maximum Gasteiger partial charge on any atom is 0.225 e. The second-order valence-corrected chi connectivity index (χ2v) is 8.74. The molecule has 0 aromatic rings. The van der Waals surface area contributed by atoms with E-state index in [1.165, 1.54) is 31.3 Å². The molecule has 2 rings (SSSR count). The molecule has 0 spiro atoms. The molecular formula is C21H41N3O2P2. The molecule has 2 aliphatic rings. The highest BCUT2D eigenvalue weighted by atomic mass is 31.1. The van der Waals surface area contributed by atoms with E-state index in [9.17, 15) is 9.59 Å². The third kappa shape index (κ3) is 11.3. The van der Waals surface area contributed by atoms with Crippen LogP contribution in [-0.4, -0.2) is 35.5 Å². The SMILES string of the molecule is CC.CC.CN(PCC1CCCC2=CNN=CC2CC1)C(=O)CCCC(=O)P. The Balaban J connectivity index is 0.00000171. The predicted molar refractivity (Wildman–Crippen MR) is 127 cm³/mol. The van der Waals surface area contributed by atoms with Gasteiger partial charge in [0.1, 0.15) is 5.52 Å². The van der Waals surface area contributed by atoms with Crippen LogP contribution in [0.3, 0.4) is 0 Å². The van der Waals surface area contributed by atoms with Gasteiger partial charge in [0.05, 0.1) is 0 Å². The first-order valence-corrected chi connectivity index (χ1v) is 12.6. The molecule has 1 heterocycles. The van der Waals surface area contributed by atoms with Crippen molar-refractivity contribution in [2.24, 2.45) is 16.9 Å². The highest BCUT2D eigenvalue weighted by Crippen LogP contribution is 2.33. The number of hydrogen-bond acceptors (Lipinski definition) is 4. The third-order valence-electron chi connectivity index (χ3n) is 4.82. The van der Waals surface area contributed by atoms with E-state index in [-0.39, 0.29) is 11.4 Å². The number of hydrazone groups is 1. The number of rotatable bonds is 7. The summed E-state index contributed by atoms with van der Waals surface area (Å²) in [6.45, 7) is 8.00. The van der Waals surface area contributed by atoms with Gasteiger partial charge in [-0.3, -0.25) is 15.0 Å². The zero-order valence-corrected chi connectivity index (χ0v) is 20.6. The minimum atomic E-state index is 0.0808. The van der Waals surface area contributed by atoms with E-state index in [4.69, 9.17) is 0 Å². The largest absolute Gasteiger partial charge is 0.328 e. The summed E-state index contributed by atoms with van der Waals surface area (Å²) in [7, 11) is 4.62. The molecule has 5 nitrogen and oxygen atoms in total. The number of nitrogens with zero attached hydrogens (tertiary/aromatic N) is 2. The van der Waals surface area contributed by atoms with Crippen molar-refractivity contribution < 1.29 is 9.59 Å². The number of carbonyl (C=O) groups is 2. The summed E-state index contributed by atoms with van der Waals surface area (Å²) in [5.41, 5.74) is 4.53. The van der Waals surface area contributed by atoms with Gasteiger partial charge in [-0.05, 0) is 64.9 Å². The Morgan fingerprint density at radius 2 is 1.93 bits per heavy atom. The van der Waals surface area contributed by atoms with Crippen LogP contribution < -0.4 is 5.43 Å². The van der Waals surface area contributed by atoms with Crippen LogP contribution in [0.4, 0.5) is 0 Å². The predicted octanol–water partition coefficient (Wildman–Crippen LogP) is 5.33. The second kappa shape index (κ2) is 17.1. The van der Waals surface area contributed by atoms with E-state index in [0.29, 0.717) is 39.8 Å². The van der Waals surface area contributed by atoms with Crippen molar-refractivity contribution in [2.45, 2.75) is 79.1 Å². The highest BCUT2D eigenvalue weighted by molar-refractivity contribution is 7.40. The maximum absolute atomic E-state index is 12.1. The Bertz CT molecular complexity index is 510. The average Bonchev–Trinajstić information content (AvgIpc) is 2.70. The lowest BCUT2D eigenvalue weighted by atomic mass is 9.83. The van der Waals surface area contributed by atoms with Gasteiger partial charge in [-0.2, -0.15) is 5.10 Å². The molecule has 1 amide bonds. The zero-order valence-electron chi connectivity index (χ0n) is 18.5. The molecule has 162 valence electrons. The summed E-state index contributed by atoms with van der Waals surface area (Å²) in [5, 5.41) is 4.17. The second-order valence-electron chi connectivity index (χ2n) is 6.70.